The van der Waals surface area contributed by atoms with Gasteiger partial charge < -0.3 is 10.7 Å². The zero-order chi connectivity index (χ0) is 9.68. The Hall–Kier alpha value is -1.15. The average molecular weight is 176 g/mol. The molecule has 13 heavy (non-hydrogen) atoms. The minimum absolute atomic E-state index is 0.836. The molecule has 0 atom stereocenters. The normalized spacial score (nSPS) is 16.9. The van der Waals surface area contributed by atoms with Gasteiger partial charge in [-0.2, -0.15) is 0 Å². The summed E-state index contributed by atoms with van der Waals surface area (Å²) in [5.74, 6) is 0. The predicted octanol–water partition coefficient (Wildman–Crippen LogP) is 2.06. The minimum atomic E-state index is 0.836. The molecule has 0 unspecified atom stereocenters. The third kappa shape index (κ3) is 2.67. The number of hydrogen-bond acceptors (Lipinski definition) is 2. The molecule has 2 heteroatoms. The first-order chi connectivity index (χ1) is 6.27. The van der Waals surface area contributed by atoms with Gasteiger partial charge >= 0.3 is 0 Å². The van der Waals surface area contributed by atoms with E-state index in [1.165, 1.54) is 17.4 Å². The lowest BCUT2D eigenvalue weighted by Crippen LogP contribution is -2.12. The van der Waals surface area contributed by atoms with E-state index < -0.39 is 0 Å². The maximum Gasteiger partial charge on any atom is 0.0253 e. The van der Waals surface area contributed by atoms with Gasteiger partial charge in [0.15, 0.2) is 0 Å². The van der Waals surface area contributed by atoms with Crippen LogP contribution in [0.2, 0.25) is 0 Å². The first-order valence-corrected chi connectivity index (χ1v) is 4.50. The van der Waals surface area contributed by atoms with Gasteiger partial charge in [-0.05, 0) is 31.5 Å². The highest BCUT2D eigenvalue weighted by atomic mass is 14.8. The summed E-state index contributed by atoms with van der Waals surface area (Å²) in [5.41, 5.74) is 3.56. The van der Waals surface area contributed by atoms with Gasteiger partial charge in [0.2, 0.25) is 0 Å². The van der Waals surface area contributed by atoms with Gasteiger partial charge in [-0.1, -0.05) is 23.8 Å². The van der Waals surface area contributed by atoms with Gasteiger partial charge in [0.05, 0.1) is 0 Å². The van der Waals surface area contributed by atoms with Crippen molar-refractivity contribution in [1.29, 1.82) is 5.41 Å². The zero-order valence-corrected chi connectivity index (χ0v) is 8.22. The summed E-state index contributed by atoms with van der Waals surface area (Å²) in [6.07, 6.45) is 8.69. The molecule has 0 saturated carbocycles. The van der Waals surface area contributed by atoms with Crippen LogP contribution in [0.4, 0.5) is 0 Å². The third-order valence-corrected chi connectivity index (χ3v) is 2.11. The van der Waals surface area contributed by atoms with Gasteiger partial charge in [0.1, 0.15) is 0 Å². The van der Waals surface area contributed by atoms with Crippen LogP contribution in [0.15, 0.2) is 34.9 Å². The summed E-state index contributed by atoms with van der Waals surface area (Å²) in [6.45, 7) is 2.94. The van der Waals surface area contributed by atoms with E-state index in [0.29, 0.717) is 0 Å². The number of nitrogens with one attached hydrogen (secondary N) is 2. The van der Waals surface area contributed by atoms with E-state index in [1.807, 2.05) is 13.1 Å². The highest BCUT2D eigenvalue weighted by Gasteiger charge is 2.03. The van der Waals surface area contributed by atoms with Crippen molar-refractivity contribution in [2.75, 3.05) is 13.6 Å². The Labute approximate surface area is 79.5 Å². The quantitative estimate of drug-likeness (QED) is 0.634. The van der Waals surface area contributed by atoms with E-state index in [-0.39, 0.29) is 0 Å². The van der Waals surface area contributed by atoms with Crippen LogP contribution in [0.25, 0.3) is 0 Å². The van der Waals surface area contributed by atoms with E-state index in [2.05, 4.69) is 24.4 Å². The second-order valence-electron chi connectivity index (χ2n) is 3.24. The smallest absolute Gasteiger partial charge is 0.0253 e. The maximum absolute atomic E-state index is 7.28. The van der Waals surface area contributed by atoms with Gasteiger partial charge in [-0.3, -0.25) is 0 Å². The summed E-state index contributed by atoms with van der Waals surface area (Å²) >= 11 is 0. The molecule has 0 aromatic heterocycles. The fourth-order valence-electron chi connectivity index (χ4n) is 1.31. The van der Waals surface area contributed by atoms with E-state index >= 15 is 0 Å². The maximum atomic E-state index is 7.28. The van der Waals surface area contributed by atoms with Crippen LogP contribution in [0, 0.1) is 5.41 Å². The molecule has 0 saturated heterocycles. The van der Waals surface area contributed by atoms with Gasteiger partial charge in [0, 0.05) is 12.8 Å². The third-order valence-electron chi connectivity index (χ3n) is 2.11. The summed E-state index contributed by atoms with van der Waals surface area (Å²) in [7, 11) is 1.92. The topological polar surface area (TPSA) is 35.9 Å². The van der Waals surface area contributed by atoms with Crippen molar-refractivity contribution in [3.05, 3.63) is 34.9 Å². The predicted molar refractivity (Wildman–Crippen MR) is 57.3 cm³/mol. The standard InChI is InChI=1S/C11H16N2/c1-9-3-5-10(7-12)11(6-4-9)8-13-2/h3,5-7,12-13H,4,8H2,1-2H3. The Kier molecular flexibility index (Phi) is 3.65. The molecule has 1 aliphatic rings. The fraction of sp³-hybridized carbons (Fsp3) is 0.364. The molecular weight excluding hydrogens is 160 g/mol. The monoisotopic (exact) mass is 176 g/mol. The van der Waals surface area contributed by atoms with Crippen LogP contribution in [0.3, 0.4) is 0 Å². The van der Waals surface area contributed by atoms with E-state index in [9.17, 15) is 0 Å². The van der Waals surface area contributed by atoms with Crippen molar-refractivity contribution in [1.82, 2.24) is 5.32 Å². The van der Waals surface area contributed by atoms with Crippen molar-refractivity contribution in [3.63, 3.8) is 0 Å². The van der Waals surface area contributed by atoms with Crippen molar-refractivity contribution in [2.45, 2.75) is 13.3 Å². The van der Waals surface area contributed by atoms with Crippen LogP contribution in [0.5, 0.6) is 0 Å². The lowest BCUT2D eigenvalue weighted by atomic mass is 10.1. The zero-order valence-electron chi connectivity index (χ0n) is 8.22. The average Bonchev–Trinajstić information content (AvgIpc) is 2.30. The molecule has 0 bridgehead atoms. The second-order valence-corrected chi connectivity index (χ2v) is 3.24. The van der Waals surface area contributed by atoms with Gasteiger partial charge in [-0.25, -0.2) is 0 Å². The van der Waals surface area contributed by atoms with Crippen LogP contribution in [-0.2, 0) is 0 Å². The molecule has 1 aliphatic carbocycles. The molecule has 0 spiro atoms. The van der Waals surface area contributed by atoms with Gasteiger partial charge in [-0.15, -0.1) is 0 Å². The summed E-state index contributed by atoms with van der Waals surface area (Å²) in [6, 6.07) is 0. The molecule has 70 valence electrons. The lowest BCUT2D eigenvalue weighted by Gasteiger charge is -2.05. The van der Waals surface area contributed by atoms with Crippen molar-refractivity contribution in [3.8, 4) is 0 Å². The first kappa shape index (κ1) is 9.93. The van der Waals surface area contributed by atoms with Gasteiger partial charge in [0.25, 0.3) is 0 Å². The van der Waals surface area contributed by atoms with E-state index in [0.717, 1.165) is 18.5 Å². The molecule has 2 N–H and O–H groups in total. The van der Waals surface area contributed by atoms with Crippen LogP contribution >= 0.6 is 0 Å². The van der Waals surface area contributed by atoms with E-state index in [4.69, 9.17) is 5.41 Å². The number of likely N-dealkylation sites (N-methyl/N-ethyl adjacent to an activating group) is 1. The Bertz CT molecular complexity index is 282. The summed E-state index contributed by atoms with van der Waals surface area (Å²) in [4.78, 5) is 0. The van der Waals surface area contributed by atoms with Crippen molar-refractivity contribution >= 4 is 6.21 Å². The number of rotatable bonds is 3. The van der Waals surface area contributed by atoms with Crippen molar-refractivity contribution < 1.29 is 0 Å². The highest BCUT2D eigenvalue weighted by molar-refractivity contribution is 5.83. The summed E-state index contributed by atoms with van der Waals surface area (Å²) in [5, 5.41) is 10.4. The largest absolute Gasteiger partial charge is 0.316 e. The molecule has 0 heterocycles. The molecule has 0 aromatic carbocycles. The molecule has 0 fully saturated rings. The Balaban J connectivity index is 2.89. The molecule has 0 aliphatic heterocycles. The molecule has 1 rings (SSSR count). The highest BCUT2D eigenvalue weighted by Crippen LogP contribution is 2.15. The minimum Gasteiger partial charge on any atom is -0.316 e. The molecule has 0 amide bonds. The molecule has 0 radical (unpaired) electrons. The number of hydrogen-bond donors (Lipinski definition) is 2. The fourth-order valence-corrected chi connectivity index (χ4v) is 1.31. The van der Waals surface area contributed by atoms with Crippen LogP contribution < -0.4 is 5.32 Å². The van der Waals surface area contributed by atoms with Crippen LogP contribution in [-0.4, -0.2) is 19.8 Å². The van der Waals surface area contributed by atoms with E-state index in [1.54, 1.807) is 0 Å². The van der Waals surface area contributed by atoms with Crippen LogP contribution in [0.1, 0.15) is 13.3 Å². The first-order valence-electron chi connectivity index (χ1n) is 4.50. The molecule has 2 nitrogen and oxygen atoms in total. The SMILES string of the molecule is CNCC1=CCC(C)=CC=C1C=N. The summed E-state index contributed by atoms with van der Waals surface area (Å²) < 4.78 is 0. The second kappa shape index (κ2) is 4.77. The van der Waals surface area contributed by atoms with Crippen molar-refractivity contribution in [2.24, 2.45) is 0 Å². The Morgan fingerprint density at radius 3 is 2.92 bits per heavy atom. The Morgan fingerprint density at radius 2 is 2.31 bits per heavy atom. The Morgan fingerprint density at radius 1 is 1.54 bits per heavy atom. The molecule has 0 aromatic rings. The lowest BCUT2D eigenvalue weighted by molar-refractivity contribution is 0.887. The number of allylic oxidation sites excluding steroid dienone is 4. The molecular formula is C11H16N2.